The third-order valence-electron chi connectivity index (χ3n) is 6.19. The lowest BCUT2D eigenvalue weighted by atomic mass is 9.97. The van der Waals surface area contributed by atoms with Crippen molar-refractivity contribution < 1.29 is 22.4 Å². The van der Waals surface area contributed by atoms with E-state index in [0.29, 0.717) is 19.0 Å². The Morgan fingerprint density at radius 2 is 1.76 bits per heavy atom. The molecule has 0 saturated heterocycles. The molecule has 0 unspecified atom stereocenters. The molecule has 0 spiro atoms. The van der Waals surface area contributed by atoms with E-state index < -0.39 is 23.5 Å². The van der Waals surface area contributed by atoms with Gasteiger partial charge in [-0.15, -0.1) is 0 Å². The third-order valence-corrected chi connectivity index (χ3v) is 6.19. The molecule has 1 aromatic heterocycles. The summed E-state index contributed by atoms with van der Waals surface area (Å²) in [6.45, 7) is 2.54. The van der Waals surface area contributed by atoms with Crippen LogP contribution < -0.4 is 0 Å². The number of aromatic amines is 1. The fourth-order valence-electron chi connectivity index (χ4n) is 4.46. The summed E-state index contributed by atoms with van der Waals surface area (Å²) >= 11 is 0. The molecule has 0 aliphatic carbocycles. The molecule has 5 rings (SSSR count). The molecular formula is C26H21F4N3O. The van der Waals surface area contributed by atoms with E-state index in [1.165, 1.54) is 4.90 Å². The van der Waals surface area contributed by atoms with Crippen molar-refractivity contribution in [2.24, 2.45) is 0 Å². The van der Waals surface area contributed by atoms with Crippen molar-refractivity contribution in [3.63, 3.8) is 0 Å². The van der Waals surface area contributed by atoms with Crippen LogP contribution in [-0.2, 0) is 19.1 Å². The quantitative estimate of drug-likeness (QED) is 0.353. The Bertz CT molecular complexity index is 1410. The summed E-state index contributed by atoms with van der Waals surface area (Å²) in [6, 6.07) is 14.1. The van der Waals surface area contributed by atoms with Gasteiger partial charge in [-0.1, -0.05) is 18.2 Å². The predicted molar refractivity (Wildman–Crippen MR) is 121 cm³/mol. The zero-order chi connectivity index (χ0) is 24.0. The summed E-state index contributed by atoms with van der Waals surface area (Å²) in [5, 5.41) is 0. The zero-order valence-electron chi connectivity index (χ0n) is 18.3. The highest BCUT2D eigenvalue weighted by molar-refractivity contribution is 5.94. The number of aromatic nitrogens is 2. The van der Waals surface area contributed by atoms with Crippen LogP contribution in [0.1, 0.15) is 39.3 Å². The number of hydrogen-bond donors (Lipinski definition) is 1. The largest absolute Gasteiger partial charge is 0.416 e. The van der Waals surface area contributed by atoms with Gasteiger partial charge in [0.05, 0.1) is 22.2 Å². The SMILES string of the molecule is Cc1nc2cc(-c3ccc4c(c3)CN(C(=O)c3ccc(C(F)(F)F)cc3F)CCC4)ccc2[nH]1. The lowest BCUT2D eigenvalue weighted by Gasteiger charge is -2.22. The standard InChI is InChI=1S/C26H21F4N3O/c1-15-31-23-9-6-18(12-24(23)32-15)17-5-4-16-3-2-10-33(14-19(16)11-17)25(34)21-8-7-20(13-22(21)27)26(28,29)30/h4-9,11-13H,2-3,10,14H2,1H3,(H,31,32). The molecule has 1 amide bonds. The predicted octanol–water partition coefficient (Wildman–Crippen LogP) is 6.28. The van der Waals surface area contributed by atoms with Crippen molar-refractivity contribution >= 4 is 16.9 Å². The van der Waals surface area contributed by atoms with Crippen LogP contribution in [0, 0.1) is 12.7 Å². The molecule has 0 saturated carbocycles. The molecule has 0 bridgehead atoms. The normalized spacial score (nSPS) is 14.2. The van der Waals surface area contributed by atoms with Gasteiger partial charge in [-0.25, -0.2) is 9.37 Å². The molecule has 174 valence electrons. The van der Waals surface area contributed by atoms with Gasteiger partial charge in [0.15, 0.2) is 0 Å². The van der Waals surface area contributed by atoms with Crippen molar-refractivity contribution in [3.8, 4) is 11.1 Å². The van der Waals surface area contributed by atoms with Crippen LogP contribution in [0.2, 0.25) is 0 Å². The Labute approximate surface area is 193 Å². The van der Waals surface area contributed by atoms with Crippen molar-refractivity contribution in [2.45, 2.75) is 32.5 Å². The first-order valence-electron chi connectivity index (χ1n) is 10.9. The summed E-state index contributed by atoms with van der Waals surface area (Å²) < 4.78 is 53.1. The number of fused-ring (bicyclic) bond motifs is 2. The number of nitrogens with one attached hydrogen (secondary N) is 1. The molecule has 2 heterocycles. The number of carbonyl (C=O) groups is 1. The number of rotatable bonds is 2. The maximum absolute atomic E-state index is 14.4. The second-order valence-corrected chi connectivity index (χ2v) is 8.56. The third kappa shape index (κ3) is 4.16. The van der Waals surface area contributed by atoms with Crippen LogP contribution >= 0.6 is 0 Å². The van der Waals surface area contributed by atoms with Gasteiger partial charge in [0, 0.05) is 13.1 Å². The second kappa shape index (κ2) is 8.27. The molecule has 1 N–H and O–H groups in total. The molecule has 0 radical (unpaired) electrons. The fraction of sp³-hybridized carbons (Fsp3) is 0.231. The monoisotopic (exact) mass is 467 g/mol. The fourth-order valence-corrected chi connectivity index (χ4v) is 4.46. The number of alkyl halides is 3. The lowest BCUT2D eigenvalue weighted by molar-refractivity contribution is -0.137. The van der Waals surface area contributed by atoms with E-state index >= 15 is 0 Å². The minimum absolute atomic E-state index is 0.256. The van der Waals surface area contributed by atoms with E-state index in [2.05, 4.69) is 9.97 Å². The van der Waals surface area contributed by atoms with E-state index in [0.717, 1.165) is 57.7 Å². The number of carbonyl (C=O) groups excluding carboxylic acids is 1. The number of H-pyrrole nitrogens is 1. The average Bonchev–Trinajstić information content (AvgIpc) is 3.03. The maximum atomic E-state index is 14.4. The number of aryl methyl sites for hydroxylation is 2. The number of benzene rings is 3. The molecule has 3 aromatic carbocycles. The highest BCUT2D eigenvalue weighted by Crippen LogP contribution is 2.32. The summed E-state index contributed by atoms with van der Waals surface area (Å²) in [5.41, 5.74) is 4.33. The summed E-state index contributed by atoms with van der Waals surface area (Å²) in [7, 11) is 0. The summed E-state index contributed by atoms with van der Waals surface area (Å²) in [4.78, 5) is 22.2. The van der Waals surface area contributed by atoms with Gasteiger partial charge in [-0.05, 0) is 78.4 Å². The van der Waals surface area contributed by atoms with Crippen LogP contribution in [0.25, 0.3) is 22.2 Å². The van der Waals surface area contributed by atoms with E-state index in [-0.39, 0.29) is 12.1 Å². The van der Waals surface area contributed by atoms with Crippen molar-refractivity contribution in [3.05, 3.63) is 88.5 Å². The molecule has 8 heteroatoms. The zero-order valence-corrected chi connectivity index (χ0v) is 18.3. The average molecular weight is 467 g/mol. The number of halogens is 4. The Morgan fingerprint density at radius 3 is 2.53 bits per heavy atom. The van der Waals surface area contributed by atoms with Crippen LogP contribution in [-0.4, -0.2) is 27.3 Å². The maximum Gasteiger partial charge on any atom is 0.416 e. The number of nitrogens with zero attached hydrogens (tertiary/aromatic N) is 2. The molecule has 4 aromatic rings. The molecule has 34 heavy (non-hydrogen) atoms. The van der Waals surface area contributed by atoms with Gasteiger partial charge >= 0.3 is 6.18 Å². The van der Waals surface area contributed by atoms with Crippen LogP contribution in [0.4, 0.5) is 17.6 Å². The van der Waals surface area contributed by atoms with Gasteiger partial charge in [0.25, 0.3) is 5.91 Å². The minimum atomic E-state index is -4.67. The van der Waals surface area contributed by atoms with Gasteiger partial charge in [0.1, 0.15) is 11.6 Å². The first kappa shape index (κ1) is 22.1. The number of hydrogen-bond acceptors (Lipinski definition) is 2. The van der Waals surface area contributed by atoms with Crippen molar-refractivity contribution in [2.75, 3.05) is 6.54 Å². The summed E-state index contributed by atoms with van der Waals surface area (Å²) in [5.74, 6) is -0.947. The van der Waals surface area contributed by atoms with E-state index in [9.17, 15) is 22.4 Å². The minimum Gasteiger partial charge on any atom is -0.342 e. The molecular weight excluding hydrogens is 446 g/mol. The van der Waals surface area contributed by atoms with Gasteiger partial charge in [-0.3, -0.25) is 4.79 Å². The van der Waals surface area contributed by atoms with Crippen molar-refractivity contribution in [1.82, 2.24) is 14.9 Å². The topological polar surface area (TPSA) is 49.0 Å². The Balaban J connectivity index is 1.44. The van der Waals surface area contributed by atoms with E-state index in [1.807, 2.05) is 43.3 Å². The first-order valence-corrected chi connectivity index (χ1v) is 10.9. The molecule has 0 atom stereocenters. The molecule has 1 aliphatic heterocycles. The van der Waals surface area contributed by atoms with E-state index in [1.54, 1.807) is 0 Å². The van der Waals surface area contributed by atoms with Crippen LogP contribution in [0.15, 0.2) is 54.6 Å². The highest BCUT2D eigenvalue weighted by atomic mass is 19.4. The molecule has 1 aliphatic rings. The Hall–Kier alpha value is -3.68. The van der Waals surface area contributed by atoms with Gasteiger partial charge in [0.2, 0.25) is 0 Å². The lowest BCUT2D eigenvalue weighted by Crippen LogP contribution is -2.31. The van der Waals surface area contributed by atoms with Gasteiger partial charge < -0.3 is 9.88 Å². The summed E-state index contributed by atoms with van der Waals surface area (Å²) in [6.07, 6.45) is -3.23. The van der Waals surface area contributed by atoms with Crippen molar-refractivity contribution in [1.29, 1.82) is 0 Å². The number of imidazole rings is 1. The molecule has 0 fully saturated rings. The van der Waals surface area contributed by atoms with Crippen LogP contribution in [0.5, 0.6) is 0 Å². The molecule has 4 nitrogen and oxygen atoms in total. The Kier molecular flexibility index (Phi) is 5.38. The first-order chi connectivity index (χ1) is 16.2. The Morgan fingerprint density at radius 1 is 1.00 bits per heavy atom. The van der Waals surface area contributed by atoms with E-state index in [4.69, 9.17) is 0 Å². The smallest absolute Gasteiger partial charge is 0.342 e. The van der Waals surface area contributed by atoms with Gasteiger partial charge in [-0.2, -0.15) is 13.2 Å². The second-order valence-electron chi connectivity index (χ2n) is 8.56. The highest BCUT2D eigenvalue weighted by Gasteiger charge is 2.32. The van der Waals surface area contributed by atoms with Crippen LogP contribution in [0.3, 0.4) is 0 Å². The number of amides is 1.